The van der Waals surface area contributed by atoms with Crippen molar-refractivity contribution in [1.29, 1.82) is 0 Å². The Kier molecular flexibility index (Phi) is 5.08. The van der Waals surface area contributed by atoms with Gasteiger partial charge in [0.2, 0.25) is 0 Å². The lowest BCUT2D eigenvalue weighted by molar-refractivity contribution is -0.135. The number of ether oxygens (including phenoxy) is 1. The minimum absolute atomic E-state index is 0.0647. The molecular weight excluding hydrogens is 230 g/mol. The molecule has 0 heterocycles. The predicted octanol–water partition coefficient (Wildman–Crippen LogP) is 1.91. The van der Waals surface area contributed by atoms with Gasteiger partial charge in [0, 0.05) is 6.54 Å². The Bertz CT molecular complexity index is 368. The van der Waals surface area contributed by atoms with Gasteiger partial charge in [-0.15, -0.1) is 0 Å². The molecule has 0 bridgehead atoms. The molecule has 0 amide bonds. The molecular formula is C11H14ClNO3. The maximum Gasteiger partial charge on any atom is 0.317 e. The van der Waals surface area contributed by atoms with Gasteiger partial charge in [-0.05, 0) is 24.6 Å². The lowest BCUT2D eigenvalue weighted by atomic mass is 10.2. The van der Waals surface area contributed by atoms with Gasteiger partial charge in [-0.25, -0.2) is 0 Å². The second-order valence-electron chi connectivity index (χ2n) is 3.20. The van der Waals surface area contributed by atoms with E-state index in [2.05, 4.69) is 5.32 Å². The first kappa shape index (κ1) is 12.8. The van der Waals surface area contributed by atoms with Crippen LogP contribution >= 0.6 is 11.6 Å². The summed E-state index contributed by atoms with van der Waals surface area (Å²) < 4.78 is 5.29. The number of nitrogens with one attached hydrogen (secondary N) is 1. The van der Waals surface area contributed by atoms with E-state index >= 15 is 0 Å². The Morgan fingerprint density at radius 1 is 1.56 bits per heavy atom. The molecule has 1 aromatic carbocycles. The average Bonchev–Trinajstić information content (AvgIpc) is 2.21. The molecule has 0 unspecified atom stereocenters. The van der Waals surface area contributed by atoms with Crippen LogP contribution in [0.5, 0.6) is 5.75 Å². The van der Waals surface area contributed by atoms with Crippen molar-refractivity contribution < 1.29 is 14.6 Å². The fraction of sp³-hybridized carbons (Fsp3) is 0.364. The summed E-state index contributed by atoms with van der Waals surface area (Å²) in [5.41, 5.74) is 0.926. The third-order valence-corrected chi connectivity index (χ3v) is 2.20. The number of halogens is 1. The van der Waals surface area contributed by atoms with Crippen LogP contribution in [0.4, 0.5) is 0 Å². The summed E-state index contributed by atoms with van der Waals surface area (Å²) in [6.45, 7) is 2.86. The van der Waals surface area contributed by atoms with Crippen molar-refractivity contribution in [2.75, 3.05) is 13.2 Å². The van der Waals surface area contributed by atoms with E-state index in [1.807, 2.05) is 13.0 Å². The largest absolute Gasteiger partial charge is 0.492 e. The zero-order chi connectivity index (χ0) is 12.0. The molecule has 5 heteroatoms. The number of benzene rings is 1. The van der Waals surface area contributed by atoms with E-state index in [9.17, 15) is 4.79 Å². The van der Waals surface area contributed by atoms with Gasteiger partial charge in [0.1, 0.15) is 5.75 Å². The van der Waals surface area contributed by atoms with Crippen LogP contribution < -0.4 is 10.1 Å². The number of carboxylic acids is 1. The third-order valence-electron chi connectivity index (χ3n) is 1.90. The highest BCUT2D eigenvalue weighted by molar-refractivity contribution is 6.32. The van der Waals surface area contributed by atoms with E-state index in [4.69, 9.17) is 21.4 Å². The quantitative estimate of drug-likeness (QED) is 0.801. The standard InChI is InChI=1S/C11H14ClNO3/c1-2-16-10-4-3-8(5-9(10)12)6-13-7-11(14)15/h3-5,13H,2,6-7H2,1H3,(H,14,15). The van der Waals surface area contributed by atoms with Crippen LogP contribution in [0.1, 0.15) is 12.5 Å². The molecule has 0 aliphatic carbocycles. The maximum atomic E-state index is 10.3. The van der Waals surface area contributed by atoms with Crippen LogP contribution in [0.3, 0.4) is 0 Å². The van der Waals surface area contributed by atoms with Crippen molar-refractivity contribution in [3.63, 3.8) is 0 Å². The lowest BCUT2D eigenvalue weighted by Crippen LogP contribution is -2.21. The summed E-state index contributed by atoms with van der Waals surface area (Å²) in [6.07, 6.45) is 0. The van der Waals surface area contributed by atoms with Crippen LogP contribution in [-0.4, -0.2) is 24.2 Å². The first-order valence-corrected chi connectivity index (χ1v) is 5.35. The van der Waals surface area contributed by atoms with Crippen molar-refractivity contribution in [3.8, 4) is 5.75 Å². The summed E-state index contributed by atoms with van der Waals surface area (Å²) in [5.74, 6) is -0.233. The summed E-state index contributed by atoms with van der Waals surface area (Å²) in [7, 11) is 0. The summed E-state index contributed by atoms with van der Waals surface area (Å²) in [5, 5.41) is 11.8. The fourth-order valence-corrected chi connectivity index (χ4v) is 1.50. The topological polar surface area (TPSA) is 58.6 Å². The highest BCUT2D eigenvalue weighted by Gasteiger charge is 2.03. The van der Waals surface area contributed by atoms with E-state index in [0.717, 1.165) is 5.56 Å². The average molecular weight is 244 g/mol. The van der Waals surface area contributed by atoms with Gasteiger partial charge < -0.3 is 15.2 Å². The number of carbonyl (C=O) groups is 1. The van der Waals surface area contributed by atoms with Gasteiger partial charge in [0.25, 0.3) is 0 Å². The summed E-state index contributed by atoms with van der Waals surface area (Å²) >= 11 is 5.98. The molecule has 0 aromatic heterocycles. The van der Waals surface area contributed by atoms with Gasteiger partial charge in [0.05, 0.1) is 18.2 Å². The molecule has 1 rings (SSSR count). The van der Waals surface area contributed by atoms with Gasteiger partial charge in [0.15, 0.2) is 0 Å². The molecule has 0 aliphatic rings. The molecule has 16 heavy (non-hydrogen) atoms. The molecule has 1 aromatic rings. The van der Waals surface area contributed by atoms with Crippen LogP contribution in [0, 0.1) is 0 Å². The Morgan fingerprint density at radius 3 is 2.88 bits per heavy atom. The smallest absolute Gasteiger partial charge is 0.317 e. The molecule has 88 valence electrons. The van der Waals surface area contributed by atoms with E-state index in [1.54, 1.807) is 12.1 Å². The van der Waals surface area contributed by atoms with Crippen LogP contribution in [0.2, 0.25) is 5.02 Å². The van der Waals surface area contributed by atoms with Crippen molar-refractivity contribution >= 4 is 17.6 Å². The monoisotopic (exact) mass is 243 g/mol. The van der Waals surface area contributed by atoms with Gasteiger partial charge in [-0.2, -0.15) is 0 Å². The van der Waals surface area contributed by atoms with E-state index in [-0.39, 0.29) is 6.54 Å². The number of rotatable bonds is 6. The van der Waals surface area contributed by atoms with Crippen molar-refractivity contribution in [2.24, 2.45) is 0 Å². The number of hydrogen-bond donors (Lipinski definition) is 2. The maximum absolute atomic E-state index is 10.3. The second-order valence-corrected chi connectivity index (χ2v) is 3.60. The second kappa shape index (κ2) is 6.35. The zero-order valence-corrected chi connectivity index (χ0v) is 9.75. The molecule has 0 saturated heterocycles. The Labute approximate surface area is 99.2 Å². The van der Waals surface area contributed by atoms with E-state index in [0.29, 0.717) is 23.9 Å². The highest BCUT2D eigenvalue weighted by atomic mass is 35.5. The molecule has 0 fully saturated rings. The molecule has 0 radical (unpaired) electrons. The molecule has 4 nitrogen and oxygen atoms in total. The first-order chi connectivity index (χ1) is 7.63. The van der Waals surface area contributed by atoms with Gasteiger partial charge in [-0.1, -0.05) is 17.7 Å². The molecule has 0 aliphatic heterocycles. The van der Waals surface area contributed by atoms with Crippen LogP contribution in [0.15, 0.2) is 18.2 Å². The minimum Gasteiger partial charge on any atom is -0.492 e. The van der Waals surface area contributed by atoms with Crippen molar-refractivity contribution in [2.45, 2.75) is 13.5 Å². The van der Waals surface area contributed by atoms with Crippen molar-refractivity contribution in [1.82, 2.24) is 5.32 Å². The minimum atomic E-state index is -0.878. The fourth-order valence-electron chi connectivity index (χ4n) is 1.24. The first-order valence-electron chi connectivity index (χ1n) is 4.97. The van der Waals surface area contributed by atoms with Crippen LogP contribution in [0.25, 0.3) is 0 Å². The number of hydrogen-bond acceptors (Lipinski definition) is 3. The normalized spacial score (nSPS) is 10.1. The SMILES string of the molecule is CCOc1ccc(CNCC(=O)O)cc1Cl. The summed E-state index contributed by atoms with van der Waals surface area (Å²) in [6, 6.07) is 5.40. The van der Waals surface area contributed by atoms with E-state index in [1.165, 1.54) is 0 Å². The predicted molar refractivity (Wildman–Crippen MR) is 62.0 cm³/mol. The molecule has 0 spiro atoms. The van der Waals surface area contributed by atoms with Gasteiger partial charge in [-0.3, -0.25) is 4.79 Å². The number of carboxylic acid groups (broad SMARTS) is 1. The zero-order valence-electron chi connectivity index (χ0n) is 9.00. The molecule has 2 N–H and O–H groups in total. The Balaban J connectivity index is 2.55. The third kappa shape index (κ3) is 4.08. The van der Waals surface area contributed by atoms with Crippen molar-refractivity contribution in [3.05, 3.63) is 28.8 Å². The van der Waals surface area contributed by atoms with Crippen LogP contribution in [-0.2, 0) is 11.3 Å². The van der Waals surface area contributed by atoms with E-state index < -0.39 is 5.97 Å². The highest BCUT2D eigenvalue weighted by Crippen LogP contribution is 2.25. The number of aliphatic carboxylic acids is 1. The lowest BCUT2D eigenvalue weighted by Gasteiger charge is -2.07. The van der Waals surface area contributed by atoms with Gasteiger partial charge >= 0.3 is 5.97 Å². The molecule has 0 saturated carbocycles. The Hall–Kier alpha value is -1.26. The summed E-state index contributed by atoms with van der Waals surface area (Å²) in [4.78, 5) is 10.3. The molecule has 0 atom stereocenters. The Morgan fingerprint density at radius 2 is 2.31 bits per heavy atom.